The second kappa shape index (κ2) is 10.4. The van der Waals surface area contributed by atoms with Crippen LogP contribution in [0.3, 0.4) is 0 Å². The number of likely N-dealkylation sites (tertiary alicyclic amines) is 1. The van der Waals surface area contributed by atoms with Gasteiger partial charge in [0.25, 0.3) is 0 Å². The van der Waals surface area contributed by atoms with Crippen LogP contribution in [0.2, 0.25) is 0 Å². The Kier molecular flexibility index (Phi) is 6.94. The van der Waals surface area contributed by atoms with Crippen LogP contribution in [0.1, 0.15) is 43.0 Å². The molecule has 0 spiro atoms. The predicted molar refractivity (Wildman–Crippen MR) is 135 cm³/mol. The molecule has 0 radical (unpaired) electrons. The lowest BCUT2D eigenvalue weighted by Crippen LogP contribution is -2.58. The summed E-state index contributed by atoms with van der Waals surface area (Å²) in [5.74, 6) is 2.51. The molecule has 3 atom stereocenters. The molecule has 7 nitrogen and oxygen atoms in total. The Balaban J connectivity index is 1.02. The molecule has 4 heterocycles. The van der Waals surface area contributed by atoms with Crippen molar-refractivity contribution < 1.29 is 14.4 Å². The summed E-state index contributed by atoms with van der Waals surface area (Å²) in [6.07, 6.45) is 5.11. The van der Waals surface area contributed by atoms with Crippen LogP contribution in [-0.2, 0) is 11.4 Å². The van der Waals surface area contributed by atoms with Gasteiger partial charge in [-0.3, -0.25) is 19.5 Å². The topological polar surface area (TPSA) is 40.7 Å². The summed E-state index contributed by atoms with van der Waals surface area (Å²) in [6.45, 7) is 8.54. The van der Waals surface area contributed by atoms with Crippen molar-refractivity contribution in [3.05, 3.63) is 59.7 Å². The molecule has 2 aromatic rings. The molecule has 7 heteroatoms. The molecule has 188 valence electrons. The zero-order chi connectivity index (χ0) is 23.6. The number of hydrogen-bond acceptors (Lipinski definition) is 7. The molecule has 2 aromatic carbocycles. The van der Waals surface area contributed by atoms with E-state index >= 15 is 0 Å². The minimum atomic E-state index is 0.0206. The summed E-state index contributed by atoms with van der Waals surface area (Å²) in [5.41, 5.74) is 2.56. The molecule has 0 bridgehead atoms. The number of ether oxygens (including phenoxy) is 1. The van der Waals surface area contributed by atoms with Gasteiger partial charge in [-0.05, 0) is 62.5 Å². The number of rotatable bonds is 7. The first-order chi connectivity index (χ1) is 17.3. The van der Waals surface area contributed by atoms with Gasteiger partial charge in [-0.15, -0.1) is 0 Å². The molecular weight excluding hydrogens is 440 g/mol. The number of fused-ring (bicyclic) bond motifs is 2. The molecule has 1 unspecified atom stereocenters. The molecule has 3 fully saturated rings. The number of hydrogen-bond donors (Lipinski definition) is 0. The van der Waals surface area contributed by atoms with E-state index in [4.69, 9.17) is 14.4 Å². The maximum absolute atomic E-state index is 6.31. The van der Waals surface area contributed by atoms with Crippen molar-refractivity contribution in [2.75, 3.05) is 53.0 Å². The molecule has 0 aliphatic carbocycles. The summed E-state index contributed by atoms with van der Waals surface area (Å²) in [7, 11) is 1.68. The molecule has 0 aromatic heterocycles. The fourth-order valence-corrected chi connectivity index (χ4v) is 6.29. The second-order valence-corrected chi connectivity index (χ2v) is 10.5. The van der Waals surface area contributed by atoms with Crippen molar-refractivity contribution in [1.82, 2.24) is 19.9 Å². The zero-order valence-electron chi connectivity index (χ0n) is 20.8. The molecular formula is C28H38N4O3. The van der Waals surface area contributed by atoms with Crippen molar-refractivity contribution in [1.29, 1.82) is 0 Å². The monoisotopic (exact) mass is 478 g/mol. The lowest BCUT2D eigenvalue weighted by atomic mass is 9.91. The molecule has 0 N–H and O–H groups in total. The van der Waals surface area contributed by atoms with Crippen LogP contribution in [0.25, 0.3) is 0 Å². The van der Waals surface area contributed by atoms with E-state index in [9.17, 15) is 0 Å². The summed E-state index contributed by atoms with van der Waals surface area (Å²) in [4.78, 5) is 19.2. The largest absolute Gasteiger partial charge is 0.493 e. The van der Waals surface area contributed by atoms with E-state index in [1.165, 1.54) is 49.9 Å². The minimum absolute atomic E-state index is 0.0206. The Bertz CT molecular complexity index is 998. The Hall–Kier alpha value is -2.16. The van der Waals surface area contributed by atoms with E-state index in [1.807, 2.05) is 12.1 Å². The highest BCUT2D eigenvalue weighted by molar-refractivity contribution is 5.37. The molecule has 6 rings (SSSR count). The summed E-state index contributed by atoms with van der Waals surface area (Å²) >= 11 is 0. The molecule has 3 saturated heterocycles. The van der Waals surface area contributed by atoms with Crippen LogP contribution in [0, 0.1) is 5.92 Å². The standard InChI is InChI=1S/C28H38N4O3/c1-33-32-28(26-9-2-3-10-27(26)35-32)31-16-15-30-19-23(11-12-24(30)20-31)21-34-25-8-6-7-22(17-25)18-29-13-4-5-14-29/h2-3,6-10,17,23-24,28H,4-5,11-16,18-21H2,1H3/t23-,24+,28?/m1/s1. The normalized spacial score (nSPS) is 28.0. The van der Waals surface area contributed by atoms with E-state index in [2.05, 4.69) is 51.1 Å². The van der Waals surface area contributed by atoms with Crippen molar-refractivity contribution in [3.63, 3.8) is 0 Å². The number of benzene rings is 2. The van der Waals surface area contributed by atoms with Gasteiger partial charge in [-0.25, -0.2) is 0 Å². The molecule has 4 aliphatic rings. The van der Waals surface area contributed by atoms with Gasteiger partial charge in [0.05, 0.1) is 13.7 Å². The highest BCUT2D eigenvalue weighted by Gasteiger charge is 2.42. The van der Waals surface area contributed by atoms with E-state index < -0.39 is 0 Å². The van der Waals surface area contributed by atoms with Gasteiger partial charge in [0.15, 0.2) is 11.9 Å². The number of hydroxylamine groups is 2. The number of piperidine rings is 1. The Morgan fingerprint density at radius 2 is 1.77 bits per heavy atom. The molecule has 0 amide bonds. The summed E-state index contributed by atoms with van der Waals surface area (Å²) in [6, 6.07) is 17.6. The van der Waals surface area contributed by atoms with Crippen LogP contribution in [0.4, 0.5) is 0 Å². The van der Waals surface area contributed by atoms with Gasteiger partial charge in [0, 0.05) is 55.5 Å². The quantitative estimate of drug-likeness (QED) is 0.597. The van der Waals surface area contributed by atoms with Crippen molar-refractivity contribution in [3.8, 4) is 11.5 Å². The van der Waals surface area contributed by atoms with Crippen LogP contribution in [0.5, 0.6) is 11.5 Å². The first kappa shape index (κ1) is 23.3. The maximum atomic E-state index is 6.31. The van der Waals surface area contributed by atoms with Crippen LogP contribution < -0.4 is 9.57 Å². The smallest absolute Gasteiger partial charge is 0.156 e. The average molecular weight is 479 g/mol. The Labute approximate surface area is 209 Å². The number of nitrogens with zero attached hydrogens (tertiary/aromatic N) is 4. The first-order valence-corrected chi connectivity index (χ1v) is 13.3. The van der Waals surface area contributed by atoms with Crippen molar-refractivity contribution >= 4 is 0 Å². The highest BCUT2D eigenvalue weighted by atomic mass is 17.0. The number of piperazine rings is 1. The lowest BCUT2D eigenvalue weighted by Gasteiger charge is -2.48. The molecule has 35 heavy (non-hydrogen) atoms. The third kappa shape index (κ3) is 5.06. The van der Waals surface area contributed by atoms with Gasteiger partial charge < -0.3 is 9.57 Å². The SMILES string of the molecule is CON1Oc2ccccc2C1N1CCN2C[C@H](COc3cccc(CN4CCCC4)c3)CC[C@H]2C1. The van der Waals surface area contributed by atoms with Crippen LogP contribution in [-0.4, -0.2) is 79.0 Å². The van der Waals surface area contributed by atoms with E-state index in [0.29, 0.717) is 12.0 Å². The summed E-state index contributed by atoms with van der Waals surface area (Å²) < 4.78 is 6.31. The summed E-state index contributed by atoms with van der Waals surface area (Å²) in [5, 5.41) is 1.65. The predicted octanol–water partition coefficient (Wildman–Crippen LogP) is 3.93. The number of para-hydroxylation sites is 1. The van der Waals surface area contributed by atoms with Crippen molar-refractivity contribution in [2.24, 2.45) is 5.92 Å². The fraction of sp³-hybridized carbons (Fsp3) is 0.571. The van der Waals surface area contributed by atoms with Crippen LogP contribution in [0.15, 0.2) is 48.5 Å². The third-order valence-electron chi connectivity index (χ3n) is 8.14. The van der Waals surface area contributed by atoms with Gasteiger partial charge in [0.2, 0.25) is 0 Å². The second-order valence-electron chi connectivity index (χ2n) is 10.5. The Morgan fingerprint density at radius 1 is 0.914 bits per heavy atom. The minimum Gasteiger partial charge on any atom is -0.493 e. The van der Waals surface area contributed by atoms with Crippen molar-refractivity contribution in [2.45, 2.75) is 44.4 Å². The third-order valence-corrected chi connectivity index (χ3v) is 8.14. The van der Waals surface area contributed by atoms with E-state index in [0.717, 1.165) is 50.8 Å². The van der Waals surface area contributed by atoms with E-state index in [-0.39, 0.29) is 6.17 Å². The molecule has 4 aliphatic heterocycles. The van der Waals surface area contributed by atoms with Gasteiger partial charge >= 0.3 is 0 Å². The zero-order valence-corrected chi connectivity index (χ0v) is 20.8. The van der Waals surface area contributed by atoms with Gasteiger partial charge in [-0.2, -0.15) is 0 Å². The van der Waals surface area contributed by atoms with E-state index in [1.54, 1.807) is 12.3 Å². The van der Waals surface area contributed by atoms with Gasteiger partial charge in [-0.1, -0.05) is 30.3 Å². The van der Waals surface area contributed by atoms with Gasteiger partial charge in [0.1, 0.15) is 5.75 Å². The maximum Gasteiger partial charge on any atom is 0.156 e. The highest BCUT2D eigenvalue weighted by Crippen LogP contribution is 2.40. The first-order valence-electron chi connectivity index (χ1n) is 13.3. The average Bonchev–Trinajstić information content (AvgIpc) is 3.55. The Morgan fingerprint density at radius 3 is 2.66 bits per heavy atom. The fourth-order valence-electron chi connectivity index (χ4n) is 6.29. The molecule has 0 saturated carbocycles. The van der Waals surface area contributed by atoms with Crippen LogP contribution >= 0.6 is 0 Å². The lowest BCUT2D eigenvalue weighted by molar-refractivity contribution is -0.338.